The summed E-state index contributed by atoms with van der Waals surface area (Å²) in [4.78, 5) is 3.37. The molecule has 0 aromatic carbocycles. The van der Waals surface area contributed by atoms with Crippen molar-refractivity contribution >= 4 is 11.8 Å². The number of hydrogen-bond donors (Lipinski definition) is 2. The van der Waals surface area contributed by atoms with Gasteiger partial charge in [-0.1, -0.05) is 13.8 Å². The van der Waals surface area contributed by atoms with E-state index in [0.29, 0.717) is 11.6 Å². The number of fused-ring (bicyclic) bond motifs is 1. The second kappa shape index (κ2) is 2.87. The molecule has 2 nitrogen and oxygen atoms in total. The lowest BCUT2D eigenvalue weighted by molar-refractivity contribution is 0.832. The molecule has 0 spiro atoms. The Morgan fingerprint density at radius 3 is 2.85 bits per heavy atom. The van der Waals surface area contributed by atoms with E-state index in [4.69, 9.17) is 5.41 Å². The van der Waals surface area contributed by atoms with Crippen LogP contribution in [-0.2, 0) is 6.42 Å². The number of hydrogen-bond acceptors (Lipinski definition) is 1. The Morgan fingerprint density at radius 1 is 1.38 bits per heavy atom. The molecule has 13 heavy (non-hydrogen) atoms. The average molecular weight is 174 g/mol. The maximum Gasteiger partial charge on any atom is 0.0419 e. The Bertz CT molecular complexity index is 369. The monoisotopic (exact) mass is 174 g/mol. The molecule has 68 valence electrons. The van der Waals surface area contributed by atoms with Gasteiger partial charge < -0.3 is 10.4 Å². The van der Waals surface area contributed by atoms with Crippen LogP contribution in [0.1, 0.15) is 36.7 Å². The molecule has 2 N–H and O–H groups in total. The predicted molar refractivity (Wildman–Crippen MR) is 55.3 cm³/mol. The summed E-state index contributed by atoms with van der Waals surface area (Å²) in [5.74, 6) is 0.535. The summed E-state index contributed by atoms with van der Waals surface area (Å²) in [6, 6.07) is 2.18. The van der Waals surface area contributed by atoms with Gasteiger partial charge >= 0.3 is 0 Å². The van der Waals surface area contributed by atoms with Gasteiger partial charge in [0, 0.05) is 23.5 Å². The van der Waals surface area contributed by atoms with Gasteiger partial charge in [0.15, 0.2) is 0 Å². The molecule has 0 radical (unpaired) electrons. The summed E-state index contributed by atoms with van der Waals surface area (Å²) in [6.45, 7) is 4.35. The first-order valence-electron chi connectivity index (χ1n) is 4.64. The molecule has 1 heterocycles. The molecular weight excluding hydrogens is 160 g/mol. The van der Waals surface area contributed by atoms with Crippen LogP contribution in [0.25, 0.3) is 6.08 Å². The van der Waals surface area contributed by atoms with E-state index in [-0.39, 0.29) is 0 Å². The highest BCUT2D eigenvalue weighted by Crippen LogP contribution is 2.22. The van der Waals surface area contributed by atoms with Crippen LogP contribution < -0.4 is 0 Å². The van der Waals surface area contributed by atoms with Gasteiger partial charge in [-0.05, 0) is 29.7 Å². The minimum atomic E-state index is 0.535. The molecule has 0 fully saturated rings. The molecule has 2 rings (SSSR count). The summed E-state index contributed by atoms with van der Waals surface area (Å²) in [5.41, 5.74) is 4.40. The van der Waals surface area contributed by atoms with E-state index in [1.54, 1.807) is 0 Å². The molecule has 2 heteroatoms. The number of aromatic amines is 1. The molecule has 0 saturated carbocycles. The van der Waals surface area contributed by atoms with Crippen molar-refractivity contribution in [3.05, 3.63) is 29.1 Å². The smallest absolute Gasteiger partial charge is 0.0419 e. The minimum absolute atomic E-state index is 0.535. The molecule has 1 aromatic rings. The van der Waals surface area contributed by atoms with Gasteiger partial charge in [-0.3, -0.25) is 0 Å². The number of aromatic nitrogens is 1. The molecular formula is C11H14N2. The van der Waals surface area contributed by atoms with Crippen LogP contribution in [0.2, 0.25) is 0 Å². The Kier molecular flexibility index (Phi) is 1.83. The molecule has 0 bridgehead atoms. The first-order valence-corrected chi connectivity index (χ1v) is 4.64. The van der Waals surface area contributed by atoms with Gasteiger partial charge in [-0.15, -0.1) is 0 Å². The fraction of sp³-hybridized carbons (Fsp3) is 0.364. The third kappa shape index (κ3) is 1.44. The van der Waals surface area contributed by atoms with Crippen LogP contribution in [0.3, 0.4) is 0 Å². The van der Waals surface area contributed by atoms with Crippen LogP contribution in [0.15, 0.2) is 12.1 Å². The topological polar surface area (TPSA) is 39.6 Å². The van der Waals surface area contributed by atoms with Gasteiger partial charge in [0.05, 0.1) is 0 Å². The molecule has 0 amide bonds. The highest BCUT2D eigenvalue weighted by atomic mass is 14.7. The summed E-state index contributed by atoms with van der Waals surface area (Å²) in [5, 5.41) is 7.54. The minimum Gasteiger partial charge on any atom is -0.358 e. The van der Waals surface area contributed by atoms with Crippen LogP contribution in [0.5, 0.6) is 0 Å². The zero-order chi connectivity index (χ0) is 9.42. The third-order valence-electron chi connectivity index (χ3n) is 2.41. The van der Waals surface area contributed by atoms with Crippen molar-refractivity contribution in [1.29, 1.82) is 5.41 Å². The van der Waals surface area contributed by atoms with Gasteiger partial charge in [0.25, 0.3) is 0 Å². The maximum atomic E-state index is 7.54. The average Bonchev–Trinajstić information content (AvgIpc) is 2.46. The number of allylic oxidation sites excluding steroid dienone is 1. The Balaban J connectivity index is 2.41. The number of rotatable bonds is 1. The van der Waals surface area contributed by atoms with Gasteiger partial charge in [0.2, 0.25) is 0 Å². The molecule has 0 aliphatic heterocycles. The summed E-state index contributed by atoms with van der Waals surface area (Å²) >= 11 is 0. The van der Waals surface area contributed by atoms with Crippen molar-refractivity contribution in [3.8, 4) is 0 Å². The van der Waals surface area contributed by atoms with Crippen molar-refractivity contribution in [2.75, 3.05) is 0 Å². The molecule has 0 saturated heterocycles. The van der Waals surface area contributed by atoms with Crippen molar-refractivity contribution in [3.63, 3.8) is 0 Å². The number of H-pyrrole nitrogens is 1. The first kappa shape index (κ1) is 8.30. The van der Waals surface area contributed by atoms with Crippen molar-refractivity contribution in [2.24, 2.45) is 0 Å². The molecule has 1 aliphatic rings. The third-order valence-corrected chi connectivity index (χ3v) is 2.41. The zero-order valence-electron chi connectivity index (χ0n) is 8.02. The maximum absolute atomic E-state index is 7.54. The fourth-order valence-electron chi connectivity index (χ4n) is 1.59. The van der Waals surface area contributed by atoms with E-state index in [2.05, 4.69) is 24.9 Å². The second-order valence-corrected chi connectivity index (χ2v) is 3.85. The van der Waals surface area contributed by atoms with Crippen LogP contribution in [0, 0.1) is 5.41 Å². The highest BCUT2D eigenvalue weighted by molar-refractivity contribution is 6.00. The SMILES string of the molecule is CC(C)c1cc2c([nH]1)C=CC(=N)C2. The van der Waals surface area contributed by atoms with Crippen molar-refractivity contribution < 1.29 is 0 Å². The normalized spacial score (nSPS) is 15.2. The number of nitrogens with one attached hydrogen (secondary N) is 2. The summed E-state index contributed by atoms with van der Waals surface area (Å²) < 4.78 is 0. The van der Waals surface area contributed by atoms with Gasteiger partial charge in [-0.25, -0.2) is 0 Å². The van der Waals surface area contributed by atoms with E-state index in [1.165, 1.54) is 17.0 Å². The lowest BCUT2D eigenvalue weighted by Gasteiger charge is -2.03. The lowest BCUT2D eigenvalue weighted by atomic mass is 10.0. The van der Waals surface area contributed by atoms with Crippen molar-refractivity contribution in [1.82, 2.24) is 4.98 Å². The standard InChI is InChI=1S/C11H14N2/c1-7(2)11-6-8-5-9(12)3-4-10(8)13-11/h3-4,6-7,12-13H,5H2,1-2H3. The Morgan fingerprint density at radius 2 is 2.15 bits per heavy atom. The second-order valence-electron chi connectivity index (χ2n) is 3.85. The molecule has 0 atom stereocenters. The van der Waals surface area contributed by atoms with E-state index in [1.807, 2.05) is 12.2 Å². The quantitative estimate of drug-likeness (QED) is 0.657. The van der Waals surface area contributed by atoms with Gasteiger partial charge in [0.1, 0.15) is 0 Å². The zero-order valence-corrected chi connectivity index (χ0v) is 8.02. The van der Waals surface area contributed by atoms with Crippen molar-refractivity contribution in [2.45, 2.75) is 26.2 Å². The van der Waals surface area contributed by atoms with Crippen LogP contribution >= 0.6 is 0 Å². The van der Waals surface area contributed by atoms with E-state index in [0.717, 1.165) is 6.42 Å². The Hall–Kier alpha value is -1.31. The van der Waals surface area contributed by atoms with E-state index in [9.17, 15) is 0 Å². The fourth-order valence-corrected chi connectivity index (χ4v) is 1.59. The molecule has 0 unspecified atom stereocenters. The molecule has 1 aliphatic carbocycles. The van der Waals surface area contributed by atoms with Gasteiger partial charge in [-0.2, -0.15) is 0 Å². The lowest BCUT2D eigenvalue weighted by Crippen LogP contribution is -2.02. The highest BCUT2D eigenvalue weighted by Gasteiger charge is 2.12. The van der Waals surface area contributed by atoms with E-state index < -0.39 is 0 Å². The summed E-state index contributed by atoms with van der Waals surface area (Å²) in [6.07, 6.45) is 4.63. The van der Waals surface area contributed by atoms with Crippen LogP contribution in [0.4, 0.5) is 0 Å². The molecule has 1 aromatic heterocycles. The van der Waals surface area contributed by atoms with Crippen LogP contribution in [-0.4, -0.2) is 10.7 Å². The Labute approximate surface area is 78.2 Å². The largest absolute Gasteiger partial charge is 0.358 e. The summed E-state index contributed by atoms with van der Waals surface area (Å²) in [7, 11) is 0. The predicted octanol–water partition coefficient (Wildman–Crippen LogP) is 2.73. The first-order chi connectivity index (χ1) is 6.16. The van der Waals surface area contributed by atoms with E-state index >= 15 is 0 Å².